The minimum atomic E-state index is 0. The van der Waals surface area contributed by atoms with Gasteiger partial charge in [-0.25, -0.2) is 18.6 Å². The van der Waals surface area contributed by atoms with Gasteiger partial charge < -0.3 is 39.6 Å². The Balaban J connectivity index is 0.000000187. The van der Waals surface area contributed by atoms with Crippen LogP contribution in [0.15, 0.2) is 48.5 Å². The summed E-state index contributed by atoms with van der Waals surface area (Å²) in [6, 6.07) is 17.4. The van der Waals surface area contributed by atoms with Gasteiger partial charge in [0.1, 0.15) is 0 Å². The topological polar surface area (TPSA) is 6.48 Å². The van der Waals surface area contributed by atoms with E-state index >= 15 is 0 Å². The van der Waals surface area contributed by atoms with Crippen molar-refractivity contribution in [1.29, 1.82) is 0 Å². The molecule has 2 aromatic carbocycles. The molecule has 0 aromatic heterocycles. The quantitative estimate of drug-likeness (QED) is 0.497. The van der Waals surface area contributed by atoms with Crippen molar-refractivity contribution in [3.63, 3.8) is 0 Å². The van der Waals surface area contributed by atoms with Crippen LogP contribution >= 0.6 is 0 Å². The zero-order chi connectivity index (χ0) is 17.9. The van der Waals surface area contributed by atoms with Gasteiger partial charge in [0.05, 0.1) is 0 Å². The first kappa shape index (κ1) is 22.4. The van der Waals surface area contributed by atoms with E-state index in [1.165, 1.54) is 102 Å². The van der Waals surface area contributed by atoms with Crippen LogP contribution in [0, 0.1) is 0 Å². The van der Waals surface area contributed by atoms with E-state index in [9.17, 15) is 0 Å². The van der Waals surface area contributed by atoms with Crippen molar-refractivity contribution in [2.24, 2.45) is 0 Å². The standard InChI is InChI=1S/2C12H18N.Fe/c2*1-4-9-13(10-5-1)11-8-12-6-2-3-7-12;/h2*2-3,6-7H,1,4-5,8-11H2;/q-5;-1;. The van der Waals surface area contributed by atoms with Crippen molar-refractivity contribution in [3.05, 3.63) is 59.7 Å². The number of hydrogen-bond acceptors (Lipinski definition) is 2. The third-order valence-corrected chi connectivity index (χ3v) is 5.79. The van der Waals surface area contributed by atoms with E-state index in [1.807, 2.05) is 0 Å². The number of rotatable bonds is 6. The summed E-state index contributed by atoms with van der Waals surface area (Å²) in [6.45, 7) is 7.79. The van der Waals surface area contributed by atoms with Crippen molar-refractivity contribution < 1.29 is 17.1 Å². The molecule has 2 aliphatic heterocycles. The summed E-state index contributed by atoms with van der Waals surface area (Å²) in [6.07, 6.45) is 10.9. The van der Waals surface area contributed by atoms with Crippen molar-refractivity contribution in [2.75, 3.05) is 39.3 Å². The van der Waals surface area contributed by atoms with Crippen LogP contribution in [-0.4, -0.2) is 49.1 Å². The maximum absolute atomic E-state index is 2.59. The van der Waals surface area contributed by atoms with E-state index in [-0.39, 0.29) is 17.1 Å². The summed E-state index contributed by atoms with van der Waals surface area (Å²) >= 11 is 0. The molecule has 2 saturated heterocycles. The minimum absolute atomic E-state index is 0. The van der Waals surface area contributed by atoms with Gasteiger partial charge in [-0.2, -0.15) is 17.7 Å². The molecule has 2 heterocycles. The van der Waals surface area contributed by atoms with E-state index in [0.717, 1.165) is 0 Å². The van der Waals surface area contributed by atoms with Crippen LogP contribution in [0.1, 0.15) is 49.7 Å². The molecule has 0 N–H and O–H groups in total. The van der Waals surface area contributed by atoms with Gasteiger partial charge in [0, 0.05) is 17.1 Å². The Morgan fingerprint density at radius 1 is 0.667 bits per heavy atom. The molecule has 0 atom stereocenters. The van der Waals surface area contributed by atoms with Gasteiger partial charge in [-0.15, -0.1) is 0 Å². The van der Waals surface area contributed by atoms with Gasteiger partial charge >= 0.3 is 0 Å². The van der Waals surface area contributed by atoms with Crippen molar-refractivity contribution >= 4 is 0 Å². The van der Waals surface area contributed by atoms with Crippen LogP contribution in [0.4, 0.5) is 0 Å². The van der Waals surface area contributed by atoms with Crippen LogP contribution in [-0.2, 0) is 29.9 Å². The van der Waals surface area contributed by atoms with E-state index in [1.54, 1.807) is 0 Å². The predicted molar refractivity (Wildman–Crippen MR) is 112 cm³/mol. The second kappa shape index (κ2) is 13.3. The maximum Gasteiger partial charge on any atom is 0 e. The summed E-state index contributed by atoms with van der Waals surface area (Å²) < 4.78 is 0. The minimum Gasteiger partial charge on any atom is -0.748 e. The Bertz CT molecular complexity index is 497. The second-order valence-electron chi connectivity index (χ2n) is 7.89. The Hall–Kier alpha value is -0.861. The largest absolute Gasteiger partial charge is 0.748 e. The average Bonchev–Trinajstić information content (AvgIpc) is 3.41. The number of piperidine rings is 2. The number of nitrogens with zero attached hydrogens (tertiary/aromatic N) is 2. The van der Waals surface area contributed by atoms with Gasteiger partial charge in [-0.3, -0.25) is 0 Å². The van der Waals surface area contributed by atoms with Crippen LogP contribution in [0.3, 0.4) is 0 Å². The number of likely N-dealkylation sites (tertiary alicyclic amines) is 2. The monoisotopic (exact) mass is 408 g/mol. The van der Waals surface area contributed by atoms with Gasteiger partial charge in [0.15, 0.2) is 0 Å². The Labute approximate surface area is 177 Å². The Morgan fingerprint density at radius 2 is 1.15 bits per heavy atom. The first-order valence-electron chi connectivity index (χ1n) is 10.8. The Kier molecular flexibility index (Phi) is 11.1. The molecular formula is C24H36FeN2-6. The average molecular weight is 408 g/mol. The molecular weight excluding hydrogens is 372 g/mol. The van der Waals surface area contributed by atoms with Crippen LogP contribution < -0.4 is 0 Å². The fourth-order valence-corrected chi connectivity index (χ4v) is 4.10. The summed E-state index contributed by atoms with van der Waals surface area (Å²) in [5.41, 5.74) is 2.98. The van der Waals surface area contributed by atoms with Crippen molar-refractivity contribution in [2.45, 2.75) is 51.4 Å². The van der Waals surface area contributed by atoms with Crippen molar-refractivity contribution in [1.82, 2.24) is 9.80 Å². The van der Waals surface area contributed by atoms with Gasteiger partial charge in [0.2, 0.25) is 0 Å². The summed E-state index contributed by atoms with van der Waals surface area (Å²) in [5.74, 6) is 0. The van der Waals surface area contributed by atoms with Crippen molar-refractivity contribution in [3.8, 4) is 0 Å². The molecule has 0 spiro atoms. The molecule has 3 heteroatoms. The fraction of sp³-hybridized carbons (Fsp3) is 0.583. The summed E-state index contributed by atoms with van der Waals surface area (Å²) in [7, 11) is 0. The van der Waals surface area contributed by atoms with E-state index in [4.69, 9.17) is 0 Å². The third-order valence-electron chi connectivity index (χ3n) is 5.79. The first-order valence-corrected chi connectivity index (χ1v) is 10.8. The van der Waals surface area contributed by atoms with Crippen LogP contribution in [0.2, 0.25) is 0 Å². The van der Waals surface area contributed by atoms with Gasteiger partial charge in [0.25, 0.3) is 0 Å². The molecule has 2 fully saturated rings. The molecule has 2 nitrogen and oxygen atoms in total. The molecule has 27 heavy (non-hydrogen) atoms. The first-order chi connectivity index (χ1) is 12.9. The predicted octanol–water partition coefficient (Wildman–Crippen LogP) is 4.87. The summed E-state index contributed by atoms with van der Waals surface area (Å²) in [4.78, 5) is 5.19. The molecule has 156 valence electrons. The maximum atomic E-state index is 2.59. The zero-order valence-corrected chi connectivity index (χ0v) is 17.9. The van der Waals surface area contributed by atoms with E-state index < -0.39 is 0 Å². The second-order valence-corrected chi connectivity index (χ2v) is 7.89. The molecule has 2 aliphatic rings. The van der Waals surface area contributed by atoms with Crippen LogP contribution in [0.25, 0.3) is 0 Å². The molecule has 0 amide bonds. The molecule has 4 rings (SSSR count). The SMILES string of the molecule is [Fe].[cH-]1[cH-][cH-][c-](CCN2CCCCC2)[cH-]1.c1cc[c-](CCN2CCCCC2)c1. The smallest absolute Gasteiger partial charge is 0 e. The molecule has 0 bridgehead atoms. The molecule has 0 saturated carbocycles. The third kappa shape index (κ3) is 8.79. The molecule has 2 aromatic rings. The van der Waals surface area contributed by atoms with Gasteiger partial charge in [-0.1, -0.05) is 19.3 Å². The van der Waals surface area contributed by atoms with E-state index in [2.05, 4.69) is 58.3 Å². The normalized spacial score (nSPS) is 18.4. The van der Waals surface area contributed by atoms with E-state index in [0.29, 0.717) is 0 Å². The van der Waals surface area contributed by atoms with Gasteiger partial charge in [-0.05, 0) is 65.0 Å². The molecule has 0 aliphatic carbocycles. The fourth-order valence-electron chi connectivity index (χ4n) is 4.10. The molecule has 0 unspecified atom stereocenters. The van der Waals surface area contributed by atoms with Crippen LogP contribution in [0.5, 0.6) is 0 Å². The number of hydrogen-bond donors (Lipinski definition) is 0. The molecule has 0 radical (unpaired) electrons. The summed E-state index contributed by atoms with van der Waals surface area (Å²) in [5, 5.41) is 0. The Morgan fingerprint density at radius 3 is 1.67 bits per heavy atom. The zero-order valence-electron chi connectivity index (χ0n) is 16.8.